The fourth-order valence-electron chi connectivity index (χ4n) is 0.976. The van der Waals surface area contributed by atoms with Gasteiger partial charge in [-0.25, -0.2) is 9.78 Å². The van der Waals surface area contributed by atoms with Gasteiger partial charge >= 0.3 is 5.97 Å². The molecule has 0 saturated carbocycles. The van der Waals surface area contributed by atoms with E-state index in [1.54, 1.807) is 7.11 Å². The van der Waals surface area contributed by atoms with Crippen molar-refractivity contribution in [3.8, 4) is 0 Å². The maximum Gasteiger partial charge on any atom is 0.355 e. The van der Waals surface area contributed by atoms with Crippen molar-refractivity contribution in [2.45, 2.75) is 19.4 Å². The van der Waals surface area contributed by atoms with E-state index in [4.69, 9.17) is 9.84 Å². The summed E-state index contributed by atoms with van der Waals surface area (Å²) in [6.07, 6.45) is 0.710. The van der Waals surface area contributed by atoms with Crippen molar-refractivity contribution in [3.05, 3.63) is 16.1 Å². The van der Waals surface area contributed by atoms with Crippen LogP contribution in [0.15, 0.2) is 5.38 Å². The molecule has 1 unspecified atom stereocenters. The summed E-state index contributed by atoms with van der Waals surface area (Å²) in [4.78, 5) is 14.5. The number of carboxylic acid groups (broad SMARTS) is 1. The zero-order chi connectivity index (χ0) is 9.84. The van der Waals surface area contributed by atoms with E-state index in [2.05, 4.69) is 4.98 Å². The monoisotopic (exact) mass is 201 g/mol. The lowest BCUT2D eigenvalue weighted by Crippen LogP contribution is -2.01. The molecule has 0 radical (unpaired) electrons. The zero-order valence-electron chi connectivity index (χ0n) is 7.48. The molecule has 0 aromatic carbocycles. The third kappa shape index (κ3) is 2.26. The van der Waals surface area contributed by atoms with E-state index in [0.717, 1.165) is 11.4 Å². The summed E-state index contributed by atoms with van der Waals surface area (Å²) in [5.74, 6) is -0.992. The largest absolute Gasteiger partial charge is 0.476 e. The molecule has 0 bridgehead atoms. The minimum absolute atomic E-state index is 0.0851. The Morgan fingerprint density at radius 1 is 1.85 bits per heavy atom. The molecule has 0 spiro atoms. The number of hydrogen-bond donors (Lipinski definition) is 1. The third-order valence-corrected chi connectivity index (χ3v) is 2.61. The number of carbonyl (C=O) groups is 1. The van der Waals surface area contributed by atoms with Crippen LogP contribution in [0, 0.1) is 0 Å². The van der Waals surface area contributed by atoms with Crippen LogP contribution in [0.3, 0.4) is 0 Å². The number of hydrogen-bond acceptors (Lipinski definition) is 4. The smallest absolute Gasteiger partial charge is 0.355 e. The Hall–Kier alpha value is -0.940. The molecule has 1 aromatic rings. The molecule has 13 heavy (non-hydrogen) atoms. The maximum atomic E-state index is 10.5. The van der Waals surface area contributed by atoms with Crippen LogP contribution in [0.2, 0.25) is 0 Å². The van der Waals surface area contributed by atoms with Gasteiger partial charge in [-0.15, -0.1) is 11.3 Å². The molecule has 1 atom stereocenters. The maximum absolute atomic E-state index is 10.5. The van der Waals surface area contributed by atoms with Gasteiger partial charge in [-0.2, -0.15) is 0 Å². The van der Waals surface area contributed by atoms with Crippen molar-refractivity contribution in [2.75, 3.05) is 7.11 Å². The number of aromatic carboxylic acids is 1. The topological polar surface area (TPSA) is 59.4 Å². The van der Waals surface area contributed by atoms with Crippen LogP contribution in [0.5, 0.6) is 0 Å². The SMILES string of the molecule is CCC(OC)c1nc(C(=O)O)cs1. The first-order valence-corrected chi connectivity index (χ1v) is 4.78. The molecule has 1 N–H and O–H groups in total. The van der Waals surface area contributed by atoms with Crippen molar-refractivity contribution < 1.29 is 14.6 Å². The van der Waals surface area contributed by atoms with Gasteiger partial charge in [0.05, 0.1) is 0 Å². The van der Waals surface area contributed by atoms with E-state index < -0.39 is 5.97 Å². The van der Waals surface area contributed by atoms with Crippen LogP contribution in [0.25, 0.3) is 0 Å². The van der Waals surface area contributed by atoms with Crippen molar-refractivity contribution in [1.29, 1.82) is 0 Å². The molecule has 0 fully saturated rings. The fourth-order valence-corrected chi connectivity index (χ4v) is 1.93. The van der Waals surface area contributed by atoms with Gasteiger partial charge in [-0.05, 0) is 6.42 Å². The molecule has 4 nitrogen and oxygen atoms in total. The second-order valence-electron chi connectivity index (χ2n) is 2.51. The molecule has 0 saturated heterocycles. The van der Waals surface area contributed by atoms with E-state index in [9.17, 15) is 4.79 Å². The number of ether oxygens (including phenoxy) is 1. The van der Waals surface area contributed by atoms with Gasteiger partial charge in [-0.3, -0.25) is 0 Å². The van der Waals surface area contributed by atoms with Gasteiger partial charge in [-0.1, -0.05) is 6.92 Å². The summed E-state index contributed by atoms with van der Waals surface area (Å²) in [7, 11) is 1.59. The standard InChI is InChI=1S/C8H11NO3S/c1-3-6(12-2)7-9-5(4-13-7)8(10)11/h4,6H,3H2,1-2H3,(H,10,11). The number of aromatic nitrogens is 1. The highest BCUT2D eigenvalue weighted by Crippen LogP contribution is 2.23. The lowest BCUT2D eigenvalue weighted by Gasteiger charge is -2.07. The zero-order valence-corrected chi connectivity index (χ0v) is 8.30. The first-order chi connectivity index (χ1) is 6.19. The lowest BCUT2D eigenvalue weighted by molar-refractivity contribution is 0.0688. The summed E-state index contributed by atoms with van der Waals surface area (Å²) >= 11 is 1.32. The molecule has 72 valence electrons. The Kier molecular flexibility index (Phi) is 3.39. The van der Waals surface area contributed by atoms with Gasteiger partial charge in [0.1, 0.15) is 11.1 Å². The average molecular weight is 201 g/mol. The molecule has 1 heterocycles. The van der Waals surface area contributed by atoms with E-state index in [1.807, 2.05) is 6.92 Å². The van der Waals surface area contributed by atoms with Crippen molar-refractivity contribution >= 4 is 17.3 Å². The lowest BCUT2D eigenvalue weighted by atomic mass is 10.3. The van der Waals surface area contributed by atoms with Gasteiger partial charge in [0, 0.05) is 12.5 Å². The summed E-state index contributed by atoms with van der Waals surface area (Å²) in [5.41, 5.74) is 0.0931. The molecular weight excluding hydrogens is 190 g/mol. The minimum Gasteiger partial charge on any atom is -0.476 e. The highest BCUT2D eigenvalue weighted by atomic mass is 32.1. The van der Waals surface area contributed by atoms with Crippen LogP contribution in [0.1, 0.15) is 34.9 Å². The van der Waals surface area contributed by atoms with Crippen molar-refractivity contribution in [1.82, 2.24) is 4.98 Å². The van der Waals surface area contributed by atoms with Crippen LogP contribution in [-0.4, -0.2) is 23.2 Å². The van der Waals surface area contributed by atoms with Crippen LogP contribution >= 0.6 is 11.3 Å². The second-order valence-corrected chi connectivity index (χ2v) is 3.40. The Bertz CT molecular complexity index is 293. The first-order valence-electron chi connectivity index (χ1n) is 3.90. The Labute approximate surface area is 80.2 Å². The molecule has 0 aliphatic heterocycles. The summed E-state index contributed by atoms with van der Waals surface area (Å²) in [6.45, 7) is 1.97. The van der Waals surface area contributed by atoms with E-state index in [-0.39, 0.29) is 11.8 Å². The summed E-state index contributed by atoms with van der Waals surface area (Å²) in [6, 6.07) is 0. The highest BCUT2D eigenvalue weighted by molar-refractivity contribution is 7.09. The summed E-state index contributed by atoms with van der Waals surface area (Å²) in [5, 5.41) is 10.9. The third-order valence-electron chi connectivity index (χ3n) is 1.67. The summed E-state index contributed by atoms with van der Waals surface area (Å²) < 4.78 is 5.13. The van der Waals surface area contributed by atoms with Gasteiger partial charge in [0.25, 0.3) is 0 Å². The predicted molar refractivity (Wildman–Crippen MR) is 49.1 cm³/mol. The van der Waals surface area contributed by atoms with Crippen LogP contribution in [-0.2, 0) is 4.74 Å². The fraction of sp³-hybridized carbons (Fsp3) is 0.500. The van der Waals surface area contributed by atoms with Crippen LogP contribution in [0.4, 0.5) is 0 Å². The van der Waals surface area contributed by atoms with Gasteiger partial charge in [0.15, 0.2) is 5.69 Å². The molecule has 1 aromatic heterocycles. The Morgan fingerprint density at radius 3 is 2.92 bits per heavy atom. The Balaban J connectivity index is 2.84. The molecular formula is C8H11NO3S. The average Bonchev–Trinajstić information content (AvgIpc) is 2.56. The quantitative estimate of drug-likeness (QED) is 0.808. The van der Waals surface area contributed by atoms with E-state index >= 15 is 0 Å². The van der Waals surface area contributed by atoms with Crippen molar-refractivity contribution in [2.24, 2.45) is 0 Å². The Morgan fingerprint density at radius 2 is 2.54 bits per heavy atom. The van der Waals surface area contributed by atoms with E-state index in [1.165, 1.54) is 16.7 Å². The van der Waals surface area contributed by atoms with Crippen LogP contribution < -0.4 is 0 Å². The molecule has 1 rings (SSSR count). The number of nitrogens with zero attached hydrogens (tertiary/aromatic N) is 1. The minimum atomic E-state index is -0.992. The van der Waals surface area contributed by atoms with Gasteiger partial charge in [0.2, 0.25) is 0 Å². The van der Waals surface area contributed by atoms with Crippen molar-refractivity contribution in [3.63, 3.8) is 0 Å². The molecule has 0 aliphatic rings. The number of carboxylic acids is 1. The second kappa shape index (κ2) is 4.34. The molecule has 0 aliphatic carbocycles. The van der Waals surface area contributed by atoms with E-state index in [0.29, 0.717) is 0 Å². The first kappa shape index (κ1) is 10.1. The predicted octanol–water partition coefficient (Wildman–Crippen LogP) is 1.94. The molecule has 0 amide bonds. The number of thiazole rings is 1. The number of methoxy groups -OCH3 is 1. The highest BCUT2D eigenvalue weighted by Gasteiger charge is 2.15. The normalized spacial score (nSPS) is 12.8. The molecule has 5 heteroatoms. The number of rotatable bonds is 4. The van der Waals surface area contributed by atoms with Gasteiger partial charge < -0.3 is 9.84 Å².